The molecule has 1 heterocycles. The molecule has 1 unspecified atom stereocenters. The van der Waals surface area contributed by atoms with Crippen molar-refractivity contribution in [3.05, 3.63) is 59.2 Å². The molecule has 0 saturated carbocycles. The summed E-state index contributed by atoms with van der Waals surface area (Å²) in [5.41, 5.74) is 1.99. The van der Waals surface area contributed by atoms with E-state index in [4.69, 9.17) is 4.74 Å². The molecule has 32 heavy (non-hydrogen) atoms. The molecule has 0 aliphatic carbocycles. The lowest BCUT2D eigenvalue weighted by Gasteiger charge is -2.36. The lowest BCUT2D eigenvalue weighted by Crippen LogP contribution is -2.57. The van der Waals surface area contributed by atoms with E-state index in [1.54, 1.807) is 37.4 Å². The molecule has 0 bridgehead atoms. The third-order valence-corrected chi connectivity index (χ3v) is 7.63. The van der Waals surface area contributed by atoms with Crippen molar-refractivity contribution >= 4 is 25.1 Å². The van der Waals surface area contributed by atoms with Gasteiger partial charge in [-0.3, -0.25) is 4.79 Å². The van der Waals surface area contributed by atoms with Gasteiger partial charge in [0.15, 0.2) is 5.78 Å². The highest BCUT2D eigenvalue weighted by atomic mass is 28.3. The molecule has 168 valence electrons. The van der Waals surface area contributed by atoms with Crippen molar-refractivity contribution in [2.24, 2.45) is 0 Å². The van der Waals surface area contributed by atoms with Gasteiger partial charge < -0.3 is 20.1 Å². The molecule has 2 amide bonds. The molecule has 1 aliphatic rings. The SMILES string of the molecule is COc1ccc(C(NC(=O)N2CC(O)C2)C(=O)Cc2ccc([Si](C)(C)C)c(C#N)c2)cc1. The van der Waals surface area contributed by atoms with Gasteiger partial charge in [0.25, 0.3) is 0 Å². The largest absolute Gasteiger partial charge is 0.497 e. The summed E-state index contributed by atoms with van der Waals surface area (Å²) in [7, 11) is -0.124. The number of ketones is 1. The molecule has 3 rings (SSSR count). The lowest BCUT2D eigenvalue weighted by molar-refractivity contribution is -0.120. The minimum atomic E-state index is -1.69. The fourth-order valence-electron chi connectivity index (χ4n) is 3.73. The fourth-order valence-corrected chi connectivity index (χ4v) is 5.25. The van der Waals surface area contributed by atoms with Crippen LogP contribution in [0.4, 0.5) is 4.79 Å². The van der Waals surface area contributed by atoms with Crippen LogP contribution in [0.15, 0.2) is 42.5 Å². The molecule has 2 aromatic carbocycles. The number of ether oxygens (including phenoxy) is 1. The molecule has 8 heteroatoms. The highest BCUT2D eigenvalue weighted by Crippen LogP contribution is 2.22. The number of benzene rings is 2. The maximum absolute atomic E-state index is 13.3. The van der Waals surface area contributed by atoms with Crippen LogP contribution in [0.2, 0.25) is 19.6 Å². The lowest BCUT2D eigenvalue weighted by atomic mass is 9.96. The van der Waals surface area contributed by atoms with Crippen molar-refractivity contribution in [3.63, 3.8) is 0 Å². The van der Waals surface area contributed by atoms with E-state index in [1.807, 2.05) is 12.1 Å². The van der Waals surface area contributed by atoms with Gasteiger partial charge in [-0.1, -0.05) is 43.9 Å². The molecule has 7 nitrogen and oxygen atoms in total. The summed E-state index contributed by atoms with van der Waals surface area (Å²) in [6.07, 6.45) is -0.439. The van der Waals surface area contributed by atoms with Gasteiger partial charge in [-0.15, -0.1) is 0 Å². The number of carbonyl (C=O) groups excluding carboxylic acids is 2. The Morgan fingerprint density at radius 1 is 1.22 bits per heavy atom. The van der Waals surface area contributed by atoms with Crippen LogP contribution in [0.25, 0.3) is 0 Å². The highest BCUT2D eigenvalue weighted by Gasteiger charge is 2.32. The number of β-amino-alcohol motifs (C(OH)–C–C–N with tert-alkyl or cyclic N) is 1. The van der Waals surface area contributed by atoms with Gasteiger partial charge >= 0.3 is 6.03 Å². The van der Waals surface area contributed by atoms with Crippen LogP contribution in [0.5, 0.6) is 5.75 Å². The molecular formula is C24H29N3O4Si. The summed E-state index contributed by atoms with van der Waals surface area (Å²) in [6.45, 7) is 7.03. The molecule has 0 aromatic heterocycles. The Morgan fingerprint density at radius 3 is 2.41 bits per heavy atom. The Labute approximate surface area is 189 Å². The van der Waals surface area contributed by atoms with Gasteiger partial charge in [0.1, 0.15) is 11.8 Å². The number of hydrogen-bond acceptors (Lipinski definition) is 5. The van der Waals surface area contributed by atoms with Gasteiger partial charge in [0.2, 0.25) is 0 Å². The number of aliphatic hydroxyl groups excluding tert-OH is 1. The summed E-state index contributed by atoms with van der Waals surface area (Å²) < 4.78 is 5.19. The molecule has 1 atom stereocenters. The average Bonchev–Trinajstić information content (AvgIpc) is 2.74. The number of hydrogen-bond donors (Lipinski definition) is 2. The normalized spacial score (nSPS) is 14.8. The Balaban J connectivity index is 1.84. The van der Waals surface area contributed by atoms with Crippen molar-refractivity contribution in [1.82, 2.24) is 10.2 Å². The molecule has 2 N–H and O–H groups in total. The number of Topliss-reactive ketones (excluding diaryl/α,β-unsaturated/α-hetero) is 1. The topological polar surface area (TPSA) is 103 Å². The Bertz CT molecular complexity index is 1030. The van der Waals surface area contributed by atoms with Crippen LogP contribution >= 0.6 is 0 Å². The minimum absolute atomic E-state index is 0.0836. The smallest absolute Gasteiger partial charge is 0.318 e. The zero-order valence-corrected chi connectivity index (χ0v) is 19.9. The number of likely N-dealkylation sites (tertiary alicyclic amines) is 1. The fraction of sp³-hybridized carbons (Fsp3) is 0.375. The zero-order valence-electron chi connectivity index (χ0n) is 18.9. The summed E-state index contributed by atoms with van der Waals surface area (Å²) in [5, 5.41) is 23.0. The quantitative estimate of drug-likeness (QED) is 0.629. The van der Waals surface area contributed by atoms with Crippen LogP contribution in [0.1, 0.15) is 22.7 Å². The van der Waals surface area contributed by atoms with Gasteiger partial charge in [-0.05, 0) is 34.5 Å². The first-order valence-electron chi connectivity index (χ1n) is 10.6. The van der Waals surface area contributed by atoms with E-state index in [0.29, 0.717) is 16.9 Å². The van der Waals surface area contributed by atoms with Crippen LogP contribution in [-0.2, 0) is 11.2 Å². The summed E-state index contributed by atoms with van der Waals surface area (Å²) in [6, 6.07) is 13.6. The summed E-state index contributed by atoms with van der Waals surface area (Å²) >= 11 is 0. The van der Waals surface area contributed by atoms with E-state index in [9.17, 15) is 20.0 Å². The van der Waals surface area contributed by atoms with Crippen LogP contribution < -0.4 is 15.2 Å². The highest BCUT2D eigenvalue weighted by molar-refractivity contribution is 6.89. The third-order valence-electron chi connectivity index (χ3n) is 5.58. The molecule has 0 spiro atoms. The van der Waals surface area contributed by atoms with Gasteiger partial charge in [-0.25, -0.2) is 4.79 Å². The Kier molecular flexibility index (Phi) is 7.01. The van der Waals surface area contributed by atoms with Crippen LogP contribution in [0.3, 0.4) is 0 Å². The predicted molar refractivity (Wildman–Crippen MR) is 125 cm³/mol. The van der Waals surface area contributed by atoms with E-state index >= 15 is 0 Å². The van der Waals surface area contributed by atoms with Gasteiger partial charge in [0.05, 0.1) is 46.0 Å². The maximum atomic E-state index is 13.3. The van der Waals surface area contributed by atoms with Crippen molar-refractivity contribution in [1.29, 1.82) is 5.26 Å². The second kappa shape index (κ2) is 9.55. The standard InChI is InChI=1S/C24H29N3O4Si/c1-31-20-8-6-17(7-9-20)23(26-24(30)27-14-19(28)15-27)21(29)12-16-5-10-22(32(2,3)4)18(11-16)13-25/h5-11,19,23,28H,12,14-15H2,1-4H3,(H,26,30). The van der Waals surface area contributed by atoms with E-state index < -0.39 is 26.3 Å². The number of aliphatic hydroxyl groups is 1. The molecular weight excluding hydrogens is 422 g/mol. The zero-order chi connectivity index (χ0) is 23.5. The molecule has 1 aliphatic heterocycles. The number of nitrogens with zero attached hydrogens (tertiary/aromatic N) is 2. The number of carbonyl (C=O) groups is 2. The Morgan fingerprint density at radius 2 is 1.88 bits per heavy atom. The Hall–Kier alpha value is -3.15. The van der Waals surface area contributed by atoms with Crippen molar-refractivity contribution < 1.29 is 19.4 Å². The molecule has 1 fully saturated rings. The predicted octanol–water partition coefficient (Wildman–Crippen LogP) is 2.35. The molecule has 0 radical (unpaired) electrons. The van der Waals surface area contributed by atoms with Crippen LogP contribution in [-0.4, -0.2) is 56.2 Å². The maximum Gasteiger partial charge on any atom is 0.318 e. The molecule has 2 aromatic rings. The van der Waals surface area contributed by atoms with E-state index in [1.165, 1.54) is 4.90 Å². The monoisotopic (exact) mass is 451 g/mol. The number of nitriles is 1. The summed E-state index contributed by atoms with van der Waals surface area (Å²) in [5.74, 6) is 0.465. The van der Waals surface area contributed by atoms with E-state index in [0.717, 1.165) is 10.8 Å². The van der Waals surface area contributed by atoms with Crippen molar-refractivity contribution in [2.45, 2.75) is 38.2 Å². The number of nitrogens with one attached hydrogen (secondary N) is 1. The van der Waals surface area contributed by atoms with Crippen molar-refractivity contribution in [2.75, 3.05) is 20.2 Å². The summed E-state index contributed by atoms with van der Waals surface area (Å²) in [4.78, 5) is 27.3. The van der Waals surface area contributed by atoms with Gasteiger partial charge in [0, 0.05) is 6.42 Å². The first kappa shape index (κ1) is 23.5. The minimum Gasteiger partial charge on any atom is -0.497 e. The first-order valence-corrected chi connectivity index (χ1v) is 14.1. The molecule has 1 saturated heterocycles. The third kappa shape index (κ3) is 5.36. The second-order valence-electron chi connectivity index (χ2n) is 9.10. The van der Waals surface area contributed by atoms with Crippen molar-refractivity contribution in [3.8, 4) is 11.8 Å². The number of urea groups is 1. The van der Waals surface area contributed by atoms with Gasteiger partial charge in [-0.2, -0.15) is 5.26 Å². The average molecular weight is 452 g/mol. The number of methoxy groups -OCH3 is 1. The second-order valence-corrected chi connectivity index (χ2v) is 14.1. The van der Waals surface area contributed by atoms with E-state index in [2.05, 4.69) is 31.0 Å². The van der Waals surface area contributed by atoms with E-state index in [-0.39, 0.29) is 25.3 Å². The first-order chi connectivity index (χ1) is 15.1. The number of amides is 2. The number of rotatable bonds is 7. The van der Waals surface area contributed by atoms with Crippen LogP contribution in [0, 0.1) is 11.3 Å².